The fourth-order valence-corrected chi connectivity index (χ4v) is 3.20. The van der Waals surface area contributed by atoms with Crippen molar-refractivity contribution in [3.8, 4) is 0 Å². The molecule has 1 aromatic heterocycles. The Kier molecular flexibility index (Phi) is 4.01. The van der Waals surface area contributed by atoms with E-state index >= 15 is 0 Å². The Balaban J connectivity index is 2.41. The first-order chi connectivity index (χ1) is 9.31. The lowest BCUT2D eigenvalue weighted by Crippen LogP contribution is -2.15. The van der Waals surface area contributed by atoms with Crippen molar-refractivity contribution in [1.82, 2.24) is 4.98 Å². The monoisotopic (exact) mass is 355 g/mol. The molecule has 2 aromatic rings. The highest BCUT2D eigenvalue weighted by Gasteiger charge is 2.18. The number of nitrogens with zero attached hydrogens (tertiary/aromatic N) is 1. The molecule has 7 heteroatoms. The van der Waals surface area contributed by atoms with Crippen molar-refractivity contribution in [1.29, 1.82) is 0 Å². The molecule has 0 fully saturated rings. The Morgan fingerprint density at radius 2 is 2.00 bits per heavy atom. The van der Waals surface area contributed by atoms with Gasteiger partial charge in [0.05, 0.1) is 4.90 Å². The topological polar surface area (TPSA) is 85.1 Å². The minimum atomic E-state index is -3.70. The number of rotatable bonds is 3. The lowest BCUT2D eigenvalue weighted by atomic mass is 10.2. The molecule has 5 nitrogen and oxygen atoms in total. The van der Waals surface area contributed by atoms with Gasteiger partial charge in [-0.25, -0.2) is 13.4 Å². The van der Waals surface area contributed by atoms with E-state index in [4.69, 9.17) is 5.73 Å². The van der Waals surface area contributed by atoms with Crippen molar-refractivity contribution in [3.63, 3.8) is 0 Å². The smallest absolute Gasteiger partial charge is 0.263 e. The molecule has 0 aliphatic carbocycles. The van der Waals surface area contributed by atoms with E-state index in [1.807, 2.05) is 6.92 Å². The zero-order chi connectivity index (χ0) is 14.9. The number of aromatic nitrogens is 1. The molecular weight excluding hydrogens is 342 g/mol. The Morgan fingerprint density at radius 3 is 2.65 bits per heavy atom. The number of nitrogens with one attached hydrogen (secondary N) is 1. The van der Waals surface area contributed by atoms with Gasteiger partial charge >= 0.3 is 0 Å². The molecule has 0 saturated carbocycles. The molecule has 106 valence electrons. The average molecular weight is 356 g/mol. The van der Waals surface area contributed by atoms with Crippen LogP contribution in [0.1, 0.15) is 11.1 Å². The van der Waals surface area contributed by atoms with E-state index in [-0.39, 0.29) is 10.7 Å². The van der Waals surface area contributed by atoms with Gasteiger partial charge in [0.2, 0.25) is 0 Å². The van der Waals surface area contributed by atoms with E-state index in [9.17, 15) is 8.42 Å². The molecule has 0 bridgehead atoms. The van der Waals surface area contributed by atoms with Gasteiger partial charge in [0.1, 0.15) is 5.82 Å². The highest BCUT2D eigenvalue weighted by Crippen LogP contribution is 2.24. The number of sulfonamides is 1. The lowest BCUT2D eigenvalue weighted by molar-refractivity contribution is 0.600. The van der Waals surface area contributed by atoms with Crippen molar-refractivity contribution in [2.24, 2.45) is 0 Å². The third kappa shape index (κ3) is 2.94. The first-order valence-corrected chi connectivity index (χ1v) is 8.09. The van der Waals surface area contributed by atoms with Crippen LogP contribution in [0.4, 0.5) is 11.5 Å². The van der Waals surface area contributed by atoms with Gasteiger partial charge in [-0.2, -0.15) is 0 Å². The maximum atomic E-state index is 12.4. The van der Waals surface area contributed by atoms with Crippen LogP contribution in [0.5, 0.6) is 0 Å². The van der Waals surface area contributed by atoms with Crippen molar-refractivity contribution >= 4 is 37.5 Å². The second-order valence-corrected chi connectivity index (χ2v) is 6.90. The van der Waals surface area contributed by atoms with Gasteiger partial charge in [-0.3, -0.25) is 4.72 Å². The number of halogens is 1. The number of nitrogens with two attached hydrogens (primary N) is 1. The van der Waals surface area contributed by atoms with E-state index in [0.29, 0.717) is 11.3 Å². The second kappa shape index (κ2) is 5.41. The van der Waals surface area contributed by atoms with Gasteiger partial charge in [0, 0.05) is 16.4 Å². The van der Waals surface area contributed by atoms with E-state index in [1.54, 1.807) is 31.3 Å². The molecule has 0 amide bonds. The zero-order valence-corrected chi connectivity index (χ0v) is 13.4. The van der Waals surface area contributed by atoms with Gasteiger partial charge in [-0.05, 0) is 59.1 Å². The van der Waals surface area contributed by atoms with Gasteiger partial charge in [-0.1, -0.05) is 6.07 Å². The molecule has 0 spiro atoms. The molecule has 0 aliphatic heterocycles. The van der Waals surface area contributed by atoms with Crippen LogP contribution in [0.15, 0.2) is 39.8 Å². The predicted octanol–water partition coefficient (Wildman–Crippen LogP) is 2.84. The molecule has 1 aromatic carbocycles. The third-order valence-electron chi connectivity index (χ3n) is 2.90. The Hall–Kier alpha value is -1.60. The summed E-state index contributed by atoms with van der Waals surface area (Å²) >= 11 is 3.32. The van der Waals surface area contributed by atoms with Crippen LogP contribution in [-0.4, -0.2) is 13.4 Å². The minimum Gasteiger partial charge on any atom is -0.398 e. The molecule has 0 atom stereocenters. The van der Waals surface area contributed by atoms with Crippen molar-refractivity contribution < 1.29 is 8.42 Å². The van der Waals surface area contributed by atoms with Gasteiger partial charge < -0.3 is 5.73 Å². The first kappa shape index (κ1) is 14.8. The molecule has 1 heterocycles. The number of benzene rings is 1. The fourth-order valence-electron chi connectivity index (χ4n) is 1.71. The zero-order valence-electron chi connectivity index (χ0n) is 11.0. The summed E-state index contributed by atoms with van der Waals surface area (Å²) in [4.78, 5) is 4.19. The number of nitrogen functional groups attached to an aromatic ring is 1. The molecule has 3 N–H and O–H groups in total. The van der Waals surface area contributed by atoms with Gasteiger partial charge in [0.25, 0.3) is 10.0 Å². The largest absolute Gasteiger partial charge is 0.398 e. The average Bonchev–Trinajstić information content (AvgIpc) is 2.36. The van der Waals surface area contributed by atoms with Gasteiger partial charge in [0.15, 0.2) is 0 Å². The normalized spacial score (nSPS) is 11.3. The van der Waals surface area contributed by atoms with E-state index < -0.39 is 10.0 Å². The van der Waals surface area contributed by atoms with Crippen LogP contribution >= 0.6 is 15.9 Å². The number of aryl methyl sites for hydroxylation is 1. The highest BCUT2D eigenvalue weighted by atomic mass is 79.9. The number of hydrogen-bond acceptors (Lipinski definition) is 4. The van der Waals surface area contributed by atoms with Crippen LogP contribution < -0.4 is 10.5 Å². The highest BCUT2D eigenvalue weighted by molar-refractivity contribution is 9.10. The molecule has 20 heavy (non-hydrogen) atoms. The molecule has 0 saturated heterocycles. The third-order valence-corrected chi connectivity index (χ3v) is 5.23. The summed E-state index contributed by atoms with van der Waals surface area (Å²) in [5.74, 6) is 0.271. The van der Waals surface area contributed by atoms with Crippen LogP contribution in [0.25, 0.3) is 0 Å². The molecule has 0 unspecified atom stereocenters. The summed E-state index contributed by atoms with van der Waals surface area (Å²) in [6.45, 7) is 3.53. The Labute approximate surface area is 126 Å². The van der Waals surface area contributed by atoms with Crippen LogP contribution in [0.3, 0.4) is 0 Å². The quantitative estimate of drug-likeness (QED) is 0.829. The fraction of sp³-hybridized carbons (Fsp3) is 0.154. The summed E-state index contributed by atoms with van der Waals surface area (Å²) in [6.07, 6.45) is 1.55. The molecule has 0 radical (unpaired) electrons. The lowest BCUT2D eigenvalue weighted by Gasteiger charge is -2.11. The minimum absolute atomic E-state index is 0.153. The Morgan fingerprint density at radius 1 is 1.30 bits per heavy atom. The summed E-state index contributed by atoms with van der Waals surface area (Å²) in [7, 11) is -3.70. The Bertz CT molecular complexity index is 760. The maximum Gasteiger partial charge on any atom is 0.263 e. The van der Waals surface area contributed by atoms with Crippen molar-refractivity contribution in [2.75, 3.05) is 10.5 Å². The summed E-state index contributed by atoms with van der Waals surface area (Å²) < 4.78 is 28.0. The van der Waals surface area contributed by atoms with Gasteiger partial charge in [-0.15, -0.1) is 0 Å². The molecular formula is C13H14BrN3O2S. The number of hydrogen-bond donors (Lipinski definition) is 2. The summed E-state index contributed by atoms with van der Waals surface area (Å²) in [5.41, 5.74) is 7.59. The second-order valence-electron chi connectivity index (χ2n) is 4.39. The first-order valence-electron chi connectivity index (χ1n) is 5.81. The van der Waals surface area contributed by atoms with Crippen LogP contribution in [0, 0.1) is 13.8 Å². The van der Waals surface area contributed by atoms with Crippen molar-refractivity contribution in [3.05, 3.63) is 46.1 Å². The standard InChI is InChI=1S/C13H14BrN3O2S/c1-8-6-13(16-7-10(8)14)17-20(18,19)12-5-3-4-11(15)9(12)2/h3-7H,15H2,1-2H3,(H,16,17). The molecule has 2 rings (SSSR count). The summed E-state index contributed by atoms with van der Waals surface area (Å²) in [6, 6.07) is 6.44. The van der Waals surface area contributed by atoms with Crippen LogP contribution in [-0.2, 0) is 10.0 Å². The summed E-state index contributed by atoms with van der Waals surface area (Å²) in [5, 5.41) is 0. The van der Waals surface area contributed by atoms with E-state index in [2.05, 4.69) is 25.6 Å². The predicted molar refractivity (Wildman–Crippen MR) is 83.1 cm³/mol. The van der Waals surface area contributed by atoms with E-state index in [1.165, 1.54) is 6.07 Å². The SMILES string of the molecule is Cc1cc(NS(=O)(=O)c2cccc(N)c2C)ncc1Br. The number of anilines is 2. The maximum absolute atomic E-state index is 12.4. The molecule has 0 aliphatic rings. The number of pyridine rings is 1. The van der Waals surface area contributed by atoms with E-state index in [0.717, 1.165) is 10.0 Å². The van der Waals surface area contributed by atoms with Crippen molar-refractivity contribution in [2.45, 2.75) is 18.7 Å². The van der Waals surface area contributed by atoms with Crippen LogP contribution in [0.2, 0.25) is 0 Å².